The highest BCUT2D eigenvalue weighted by molar-refractivity contribution is 4.64. The van der Waals surface area contributed by atoms with Crippen LogP contribution >= 0.6 is 0 Å². The van der Waals surface area contributed by atoms with Gasteiger partial charge in [-0.3, -0.25) is 10.9 Å². The van der Waals surface area contributed by atoms with E-state index in [2.05, 4.69) is 31.6 Å². The van der Waals surface area contributed by atoms with Gasteiger partial charge in [0.05, 0.1) is 0 Å². The highest BCUT2D eigenvalue weighted by atomic mass is 15.3. The average molecular weight is 130 g/mol. The van der Waals surface area contributed by atoms with Gasteiger partial charge in [0.1, 0.15) is 0 Å². The maximum Gasteiger partial charge on any atom is 0.0233 e. The average Bonchev–Trinajstić information content (AvgIpc) is 1.82. The van der Waals surface area contributed by atoms with Gasteiger partial charge in [-0.05, 0) is 19.4 Å². The normalized spacial score (nSPS) is 14.3. The first-order valence-electron chi connectivity index (χ1n) is 3.64. The van der Waals surface area contributed by atoms with Gasteiger partial charge in [0.15, 0.2) is 0 Å². The third kappa shape index (κ3) is 3.49. The molecule has 0 radical (unpaired) electrons. The Balaban J connectivity index is 3.41. The molecule has 0 saturated carbocycles. The van der Waals surface area contributed by atoms with Gasteiger partial charge in [-0.15, -0.1) is 0 Å². The van der Waals surface area contributed by atoms with Gasteiger partial charge in [-0.2, -0.15) is 0 Å². The lowest BCUT2D eigenvalue weighted by atomic mass is 10.0. The number of hydrogen-bond donors (Lipinski definition) is 2. The van der Waals surface area contributed by atoms with Crippen molar-refractivity contribution in [2.45, 2.75) is 33.2 Å². The van der Waals surface area contributed by atoms with E-state index in [1.807, 2.05) is 7.05 Å². The molecule has 0 amide bonds. The maximum absolute atomic E-state index is 3.18. The lowest BCUT2D eigenvalue weighted by molar-refractivity contribution is 0.357. The Morgan fingerprint density at radius 2 is 1.89 bits per heavy atom. The first-order valence-corrected chi connectivity index (χ1v) is 3.64. The lowest BCUT2D eigenvalue weighted by Crippen LogP contribution is -2.41. The van der Waals surface area contributed by atoms with Crippen LogP contribution in [-0.2, 0) is 0 Å². The van der Waals surface area contributed by atoms with E-state index in [1.165, 1.54) is 6.42 Å². The molecule has 2 heteroatoms. The van der Waals surface area contributed by atoms with Crippen molar-refractivity contribution in [3.05, 3.63) is 0 Å². The Morgan fingerprint density at radius 1 is 1.33 bits per heavy atom. The van der Waals surface area contributed by atoms with E-state index in [0.717, 1.165) is 0 Å². The zero-order chi connectivity index (χ0) is 7.28. The molecule has 0 heterocycles. The van der Waals surface area contributed by atoms with E-state index in [4.69, 9.17) is 0 Å². The maximum atomic E-state index is 3.18. The predicted octanol–water partition coefficient (Wildman–Crippen LogP) is 1.14. The fourth-order valence-corrected chi connectivity index (χ4v) is 0.926. The molecule has 0 aliphatic rings. The summed E-state index contributed by atoms with van der Waals surface area (Å²) in [7, 11) is 1.91. The van der Waals surface area contributed by atoms with Gasteiger partial charge in [-0.25, -0.2) is 0 Å². The van der Waals surface area contributed by atoms with Gasteiger partial charge in [-0.1, -0.05) is 20.8 Å². The summed E-state index contributed by atoms with van der Waals surface area (Å²) in [5.74, 6) is 0.711. The molecular formula is C7H18N2. The minimum absolute atomic E-state index is 0.606. The van der Waals surface area contributed by atoms with Crippen molar-refractivity contribution in [3.63, 3.8) is 0 Å². The topological polar surface area (TPSA) is 24.1 Å². The van der Waals surface area contributed by atoms with E-state index in [1.54, 1.807) is 0 Å². The van der Waals surface area contributed by atoms with Crippen molar-refractivity contribution in [1.82, 2.24) is 10.9 Å². The van der Waals surface area contributed by atoms with Crippen molar-refractivity contribution in [3.8, 4) is 0 Å². The third-order valence-electron chi connectivity index (χ3n) is 1.57. The van der Waals surface area contributed by atoms with Gasteiger partial charge < -0.3 is 0 Å². The van der Waals surface area contributed by atoms with Crippen LogP contribution in [0.3, 0.4) is 0 Å². The summed E-state index contributed by atoms with van der Waals surface area (Å²) in [6, 6.07) is 0.606. The molecule has 0 saturated heterocycles. The molecule has 1 unspecified atom stereocenters. The zero-order valence-electron chi connectivity index (χ0n) is 6.86. The Bertz CT molecular complexity index is 61.9. The van der Waals surface area contributed by atoms with E-state index in [-0.39, 0.29) is 0 Å². The SMILES string of the molecule is CCC(NNC)C(C)C. The predicted molar refractivity (Wildman–Crippen MR) is 41.1 cm³/mol. The molecule has 0 aliphatic heterocycles. The van der Waals surface area contributed by atoms with Crippen molar-refractivity contribution in [2.24, 2.45) is 5.92 Å². The minimum atomic E-state index is 0.606. The standard InChI is InChI=1S/C7H18N2/c1-5-7(6(2)3)9-8-4/h6-9H,5H2,1-4H3. The quantitative estimate of drug-likeness (QED) is 0.558. The highest BCUT2D eigenvalue weighted by Crippen LogP contribution is 2.03. The van der Waals surface area contributed by atoms with Gasteiger partial charge in [0.2, 0.25) is 0 Å². The number of hydrazine groups is 1. The summed E-state index contributed by atoms with van der Waals surface area (Å²) in [6.07, 6.45) is 1.18. The second-order valence-corrected chi connectivity index (χ2v) is 2.65. The second-order valence-electron chi connectivity index (χ2n) is 2.65. The molecule has 9 heavy (non-hydrogen) atoms. The second kappa shape index (κ2) is 4.77. The Kier molecular flexibility index (Phi) is 4.72. The van der Waals surface area contributed by atoms with Crippen LogP contribution in [0, 0.1) is 5.92 Å². The van der Waals surface area contributed by atoms with E-state index in [9.17, 15) is 0 Å². The molecule has 0 aromatic carbocycles. The molecule has 1 atom stereocenters. The first-order chi connectivity index (χ1) is 4.22. The Labute approximate surface area is 58.0 Å². The van der Waals surface area contributed by atoms with Gasteiger partial charge in [0, 0.05) is 6.04 Å². The van der Waals surface area contributed by atoms with Crippen LogP contribution in [0.15, 0.2) is 0 Å². The molecule has 56 valence electrons. The summed E-state index contributed by atoms with van der Waals surface area (Å²) in [5, 5.41) is 0. The van der Waals surface area contributed by atoms with Gasteiger partial charge >= 0.3 is 0 Å². The molecule has 0 fully saturated rings. The summed E-state index contributed by atoms with van der Waals surface area (Å²) < 4.78 is 0. The van der Waals surface area contributed by atoms with Gasteiger partial charge in [0.25, 0.3) is 0 Å². The van der Waals surface area contributed by atoms with Crippen LogP contribution in [0.5, 0.6) is 0 Å². The first kappa shape index (κ1) is 8.92. The van der Waals surface area contributed by atoms with E-state index in [0.29, 0.717) is 12.0 Å². The summed E-state index contributed by atoms with van der Waals surface area (Å²) in [4.78, 5) is 0. The molecule has 2 nitrogen and oxygen atoms in total. The van der Waals surface area contributed by atoms with Crippen molar-refractivity contribution in [2.75, 3.05) is 7.05 Å². The largest absolute Gasteiger partial charge is 0.261 e. The van der Waals surface area contributed by atoms with Crippen molar-refractivity contribution in [1.29, 1.82) is 0 Å². The van der Waals surface area contributed by atoms with Crippen LogP contribution in [0.1, 0.15) is 27.2 Å². The third-order valence-corrected chi connectivity index (χ3v) is 1.57. The van der Waals surface area contributed by atoms with Crippen LogP contribution in [0.25, 0.3) is 0 Å². The summed E-state index contributed by atoms with van der Waals surface area (Å²) in [6.45, 7) is 6.63. The van der Waals surface area contributed by atoms with Crippen LogP contribution in [0.4, 0.5) is 0 Å². The fraction of sp³-hybridized carbons (Fsp3) is 1.00. The molecule has 2 N–H and O–H groups in total. The molecule has 0 rings (SSSR count). The molecular weight excluding hydrogens is 112 g/mol. The minimum Gasteiger partial charge on any atom is -0.261 e. The van der Waals surface area contributed by atoms with Crippen molar-refractivity contribution < 1.29 is 0 Å². The van der Waals surface area contributed by atoms with E-state index < -0.39 is 0 Å². The molecule has 0 spiro atoms. The lowest BCUT2D eigenvalue weighted by Gasteiger charge is -2.19. The zero-order valence-corrected chi connectivity index (χ0v) is 6.86. The Hall–Kier alpha value is -0.0800. The van der Waals surface area contributed by atoms with Crippen molar-refractivity contribution >= 4 is 0 Å². The number of hydrogen-bond acceptors (Lipinski definition) is 2. The molecule has 0 bridgehead atoms. The number of rotatable bonds is 4. The Morgan fingerprint density at radius 3 is 2.00 bits per heavy atom. The monoisotopic (exact) mass is 130 g/mol. The molecule has 0 aromatic heterocycles. The van der Waals surface area contributed by atoms with Crippen LogP contribution < -0.4 is 10.9 Å². The van der Waals surface area contributed by atoms with Crippen LogP contribution in [-0.4, -0.2) is 13.1 Å². The molecule has 0 aromatic rings. The summed E-state index contributed by atoms with van der Waals surface area (Å²) in [5.41, 5.74) is 6.13. The number of nitrogens with one attached hydrogen (secondary N) is 2. The smallest absolute Gasteiger partial charge is 0.0233 e. The molecule has 0 aliphatic carbocycles. The fourth-order valence-electron chi connectivity index (χ4n) is 0.926. The van der Waals surface area contributed by atoms with Crippen LogP contribution in [0.2, 0.25) is 0 Å². The summed E-state index contributed by atoms with van der Waals surface area (Å²) >= 11 is 0. The highest BCUT2D eigenvalue weighted by Gasteiger charge is 2.07. The van der Waals surface area contributed by atoms with E-state index >= 15 is 0 Å².